The first-order valence-electron chi connectivity index (χ1n) is 11.0. The summed E-state index contributed by atoms with van der Waals surface area (Å²) in [5.41, 5.74) is 0. The number of piperazine rings is 1. The maximum Gasteiger partial charge on any atom is 0.282 e. The topological polar surface area (TPSA) is 83.3 Å². The van der Waals surface area contributed by atoms with E-state index in [0.29, 0.717) is 63.9 Å². The van der Waals surface area contributed by atoms with Crippen LogP contribution in [0.25, 0.3) is 0 Å². The van der Waals surface area contributed by atoms with Crippen LogP contribution in [0.2, 0.25) is 0 Å². The highest BCUT2D eigenvalue weighted by atomic mass is 32.2. The number of carbonyl (C=O) groups excluding carboxylic acids is 1. The van der Waals surface area contributed by atoms with Crippen molar-refractivity contribution in [3.05, 3.63) is 23.7 Å². The van der Waals surface area contributed by atoms with Gasteiger partial charge in [-0.3, -0.25) is 4.79 Å². The van der Waals surface area contributed by atoms with Crippen LogP contribution in [-0.2, 0) is 26.2 Å². The zero-order chi connectivity index (χ0) is 21.5. The fraction of sp³-hybridized carbons (Fsp3) is 0.762. The van der Waals surface area contributed by atoms with Gasteiger partial charge in [0, 0.05) is 58.0 Å². The van der Waals surface area contributed by atoms with Crippen LogP contribution in [0.1, 0.15) is 51.1 Å². The van der Waals surface area contributed by atoms with Crippen molar-refractivity contribution in [2.24, 2.45) is 5.92 Å². The molecule has 3 aliphatic rings. The van der Waals surface area contributed by atoms with E-state index in [9.17, 15) is 13.2 Å². The molecule has 0 radical (unpaired) electrons. The number of hydrogen-bond acceptors (Lipinski definition) is 5. The summed E-state index contributed by atoms with van der Waals surface area (Å²) in [6.07, 6.45) is 1.93. The third-order valence-electron chi connectivity index (χ3n) is 6.37. The van der Waals surface area contributed by atoms with Crippen molar-refractivity contribution >= 4 is 16.1 Å². The average Bonchev–Trinajstić information content (AvgIpc) is 3.25. The van der Waals surface area contributed by atoms with E-state index in [-0.39, 0.29) is 18.1 Å². The number of ether oxygens (including phenoxy) is 1. The van der Waals surface area contributed by atoms with Crippen LogP contribution in [0, 0.1) is 5.92 Å². The molecule has 0 aromatic carbocycles. The maximum absolute atomic E-state index is 13.0. The summed E-state index contributed by atoms with van der Waals surface area (Å²) < 4.78 is 40.5. The lowest BCUT2D eigenvalue weighted by atomic mass is 10.2. The van der Waals surface area contributed by atoms with Gasteiger partial charge in [0.2, 0.25) is 5.91 Å². The Bertz CT molecular complexity index is 852. The highest BCUT2D eigenvalue weighted by Crippen LogP contribution is 2.47. The summed E-state index contributed by atoms with van der Waals surface area (Å²) in [4.78, 5) is 14.4. The molecule has 4 unspecified atom stereocenters. The van der Waals surface area contributed by atoms with Gasteiger partial charge in [-0.25, -0.2) is 0 Å². The molecule has 168 valence electrons. The maximum atomic E-state index is 13.0. The molecule has 0 spiro atoms. The number of furan rings is 1. The fourth-order valence-corrected chi connectivity index (χ4v) is 6.23. The van der Waals surface area contributed by atoms with Gasteiger partial charge in [0.05, 0.1) is 12.2 Å². The largest absolute Gasteiger partial charge is 0.466 e. The first kappa shape index (κ1) is 21.8. The van der Waals surface area contributed by atoms with E-state index in [4.69, 9.17) is 9.15 Å². The van der Waals surface area contributed by atoms with Crippen LogP contribution in [0.5, 0.6) is 0 Å². The summed E-state index contributed by atoms with van der Waals surface area (Å²) in [7, 11) is -3.53. The van der Waals surface area contributed by atoms with Crippen molar-refractivity contribution in [3.63, 3.8) is 0 Å². The van der Waals surface area contributed by atoms with Gasteiger partial charge >= 0.3 is 0 Å². The molecular formula is C21H33N3O5S. The third-order valence-corrected chi connectivity index (χ3v) is 8.34. The minimum atomic E-state index is -3.53. The number of hydrogen-bond donors (Lipinski definition) is 0. The highest BCUT2D eigenvalue weighted by molar-refractivity contribution is 7.86. The molecule has 30 heavy (non-hydrogen) atoms. The van der Waals surface area contributed by atoms with Gasteiger partial charge in [-0.1, -0.05) is 6.92 Å². The summed E-state index contributed by atoms with van der Waals surface area (Å²) in [6.45, 7) is 8.26. The van der Waals surface area contributed by atoms with Crippen LogP contribution in [-0.4, -0.2) is 79.3 Å². The Morgan fingerprint density at radius 1 is 1.03 bits per heavy atom. The zero-order valence-electron chi connectivity index (χ0n) is 18.1. The SMILES string of the molecule is CC1CN(S(=O)(=O)N2CCN(C(=O)CCc3ccc(C4CC4C)o3)CC2)CC(C)O1. The predicted octanol–water partition coefficient (Wildman–Crippen LogP) is 1.83. The van der Waals surface area contributed by atoms with Crippen molar-refractivity contribution < 1.29 is 22.4 Å². The van der Waals surface area contributed by atoms with Gasteiger partial charge < -0.3 is 14.1 Å². The van der Waals surface area contributed by atoms with Gasteiger partial charge in [-0.05, 0) is 38.3 Å². The molecule has 4 rings (SSSR count). The zero-order valence-corrected chi connectivity index (χ0v) is 18.9. The molecule has 4 atom stereocenters. The average molecular weight is 440 g/mol. The molecule has 3 heterocycles. The second-order valence-electron chi connectivity index (χ2n) is 8.99. The Labute approximate surface area is 179 Å². The van der Waals surface area contributed by atoms with Gasteiger partial charge in [0.1, 0.15) is 11.5 Å². The van der Waals surface area contributed by atoms with Crippen LogP contribution >= 0.6 is 0 Å². The number of amides is 1. The molecule has 1 saturated carbocycles. The Morgan fingerprint density at radius 2 is 1.67 bits per heavy atom. The third kappa shape index (κ3) is 4.74. The Kier molecular flexibility index (Phi) is 6.25. The molecule has 1 aliphatic carbocycles. The lowest BCUT2D eigenvalue weighted by Gasteiger charge is -2.40. The van der Waals surface area contributed by atoms with Crippen LogP contribution in [0.15, 0.2) is 16.5 Å². The van der Waals surface area contributed by atoms with Crippen LogP contribution < -0.4 is 0 Å². The standard InChI is InChI=1S/C21H33N3O5S/c1-15-12-19(15)20-6-4-18(29-20)5-7-21(25)22-8-10-23(11-9-22)30(26,27)24-13-16(2)28-17(3)14-24/h4,6,15-17,19H,5,7-14H2,1-3H3. The smallest absolute Gasteiger partial charge is 0.282 e. The predicted molar refractivity (Wildman–Crippen MR) is 112 cm³/mol. The van der Waals surface area contributed by atoms with E-state index in [1.807, 2.05) is 26.0 Å². The number of rotatable bonds is 6. The van der Waals surface area contributed by atoms with Gasteiger partial charge in [0.25, 0.3) is 10.2 Å². The van der Waals surface area contributed by atoms with E-state index in [1.165, 1.54) is 15.0 Å². The Morgan fingerprint density at radius 3 is 2.27 bits per heavy atom. The van der Waals surface area contributed by atoms with Crippen molar-refractivity contribution in [2.45, 2.75) is 58.2 Å². The van der Waals surface area contributed by atoms with Crippen LogP contribution in [0.3, 0.4) is 0 Å². The summed E-state index contributed by atoms with van der Waals surface area (Å²) >= 11 is 0. The summed E-state index contributed by atoms with van der Waals surface area (Å²) in [5, 5.41) is 0. The molecule has 1 amide bonds. The van der Waals surface area contributed by atoms with Crippen molar-refractivity contribution in [2.75, 3.05) is 39.3 Å². The van der Waals surface area contributed by atoms with E-state index in [0.717, 1.165) is 11.5 Å². The van der Waals surface area contributed by atoms with Gasteiger partial charge in [-0.15, -0.1) is 0 Å². The lowest BCUT2D eigenvalue weighted by molar-refractivity contribution is -0.132. The molecule has 3 fully saturated rings. The number of carbonyl (C=O) groups is 1. The molecule has 9 heteroatoms. The minimum absolute atomic E-state index is 0.0541. The Hall–Kier alpha value is -1.42. The lowest BCUT2D eigenvalue weighted by Crippen LogP contribution is -2.57. The number of morpholine rings is 1. The van der Waals surface area contributed by atoms with Crippen molar-refractivity contribution in [3.8, 4) is 0 Å². The van der Waals surface area contributed by atoms with E-state index < -0.39 is 10.2 Å². The van der Waals surface area contributed by atoms with E-state index >= 15 is 0 Å². The molecule has 0 bridgehead atoms. The molecule has 8 nitrogen and oxygen atoms in total. The Balaban J connectivity index is 1.25. The molecule has 0 N–H and O–H groups in total. The number of nitrogens with zero attached hydrogens (tertiary/aromatic N) is 3. The highest BCUT2D eigenvalue weighted by Gasteiger charge is 2.38. The number of aryl methyl sites for hydroxylation is 1. The molecule has 1 aromatic heterocycles. The summed E-state index contributed by atoms with van der Waals surface area (Å²) in [6, 6.07) is 4.01. The first-order valence-corrected chi connectivity index (χ1v) is 12.4. The van der Waals surface area contributed by atoms with E-state index in [2.05, 4.69) is 6.92 Å². The molecular weight excluding hydrogens is 406 g/mol. The quantitative estimate of drug-likeness (QED) is 0.675. The normalized spacial score (nSPS) is 31.1. The summed E-state index contributed by atoms with van der Waals surface area (Å²) in [5.74, 6) is 3.19. The first-order chi connectivity index (χ1) is 14.2. The molecule has 2 saturated heterocycles. The second kappa shape index (κ2) is 8.61. The fourth-order valence-electron chi connectivity index (χ4n) is 4.49. The minimum Gasteiger partial charge on any atom is -0.466 e. The monoisotopic (exact) mass is 439 g/mol. The van der Waals surface area contributed by atoms with E-state index in [1.54, 1.807) is 4.90 Å². The molecule has 2 aliphatic heterocycles. The molecule has 1 aromatic rings. The van der Waals surface area contributed by atoms with Crippen LogP contribution in [0.4, 0.5) is 0 Å². The van der Waals surface area contributed by atoms with Crippen molar-refractivity contribution in [1.29, 1.82) is 0 Å². The van der Waals surface area contributed by atoms with Crippen molar-refractivity contribution in [1.82, 2.24) is 13.5 Å². The van der Waals surface area contributed by atoms with Gasteiger partial charge in [-0.2, -0.15) is 17.0 Å². The second-order valence-corrected chi connectivity index (χ2v) is 10.9. The van der Waals surface area contributed by atoms with Gasteiger partial charge in [0.15, 0.2) is 0 Å².